The number of hydrogen-bond donors (Lipinski definition) is 1. The Morgan fingerprint density at radius 1 is 0.865 bits per heavy atom. The minimum Gasteiger partial charge on any atom is -0.366 e. The molecule has 2 fully saturated rings. The molecule has 2 aliphatic rings. The average Bonchev–Trinajstić information content (AvgIpc) is 3.31. The van der Waals surface area contributed by atoms with Crippen molar-refractivity contribution < 1.29 is 18.0 Å². The van der Waals surface area contributed by atoms with E-state index < -0.39 is 11.6 Å². The molecule has 1 N–H and O–H groups in total. The van der Waals surface area contributed by atoms with Crippen LogP contribution in [-0.2, 0) is 17.9 Å². The van der Waals surface area contributed by atoms with E-state index in [9.17, 15) is 18.0 Å². The van der Waals surface area contributed by atoms with Crippen molar-refractivity contribution in [2.45, 2.75) is 31.6 Å². The molecule has 3 aromatic carbocycles. The molecular formula is C29H31F3N4O. The SMILES string of the molecule is O=C(C1CC(NCc2ccc(F)cc2F)CN1Cc1ccccc1)N1CCN(c2ccccc2F)CC1. The summed E-state index contributed by atoms with van der Waals surface area (Å²) in [6.45, 7) is 3.74. The Kier molecular flexibility index (Phi) is 7.76. The first kappa shape index (κ1) is 25.3. The van der Waals surface area contributed by atoms with Crippen LogP contribution in [0.1, 0.15) is 17.5 Å². The molecule has 0 radical (unpaired) electrons. The Bertz CT molecular complexity index is 1220. The summed E-state index contributed by atoms with van der Waals surface area (Å²) in [6, 6.07) is 20.0. The van der Waals surface area contributed by atoms with Crippen LogP contribution in [-0.4, -0.2) is 60.5 Å². The molecule has 0 aromatic heterocycles. The normalized spacial score (nSPS) is 20.4. The second-order valence-electron chi connectivity index (χ2n) is 9.74. The lowest BCUT2D eigenvalue weighted by Crippen LogP contribution is -2.53. The van der Waals surface area contributed by atoms with Gasteiger partial charge < -0.3 is 15.1 Å². The van der Waals surface area contributed by atoms with Crippen LogP contribution in [0.3, 0.4) is 0 Å². The average molecular weight is 509 g/mol. The van der Waals surface area contributed by atoms with Gasteiger partial charge in [-0.3, -0.25) is 9.69 Å². The maximum atomic E-state index is 14.2. The van der Waals surface area contributed by atoms with Crippen LogP contribution in [0.25, 0.3) is 0 Å². The zero-order valence-electron chi connectivity index (χ0n) is 20.6. The lowest BCUT2D eigenvalue weighted by Gasteiger charge is -2.38. The van der Waals surface area contributed by atoms with Crippen molar-refractivity contribution in [3.63, 3.8) is 0 Å². The number of benzene rings is 3. The van der Waals surface area contributed by atoms with Crippen LogP contribution >= 0.6 is 0 Å². The van der Waals surface area contributed by atoms with E-state index in [1.54, 1.807) is 12.1 Å². The fourth-order valence-corrected chi connectivity index (χ4v) is 5.31. The molecule has 0 bridgehead atoms. The summed E-state index contributed by atoms with van der Waals surface area (Å²) < 4.78 is 41.6. The number of piperazine rings is 1. The number of carbonyl (C=O) groups is 1. The lowest BCUT2D eigenvalue weighted by molar-refractivity contribution is -0.136. The van der Waals surface area contributed by atoms with E-state index in [0.717, 1.165) is 11.6 Å². The van der Waals surface area contributed by atoms with Gasteiger partial charge >= 0.3 is 0 Å². The lowest BCUT2D eigenvalue weighted by atomic mass is 10.1. The summed E-state index contributed by atoms with van der Waals surface area (Å²) >= 11 is 0. The van der Waals surface area contributed by atoms with Gasteiger partial charge in [-0.25, -0.2) is 13.2 Å². The van der Waals surface area contributed by atoms with Crippen molar-refractivity contribution in [2.24, 2.45) is 0 Å². The van der Waals surface area contributed by atoms with Crippen molar-refractivity contribution in [2.75, 3.05) is 37.6 Å². The molecule has 2 unspecified atom stereocenters. The van der Waals surface area contributed by atoms with Crippen LogP contribution < -0.4 is 10.2 Å². The number of rotatable bonds is 7. The number of carbonyl (C=O) groups excluding carboxylic acids is 1. The zero-order chi connectivity index (χ0) is 25.8. The molecule has 2 atom stereocenters. The maximum Gasteiger partial charge on any atom is 0.240 e. The van der Waals surface area contributed by atoms with E-state index in [1.165, 1.54) is 18.2 Å². The Morgan fingerprint density at radius 2 is 1.59 bits per heavy atom. The highest BCUT2D eigenvalue weighted by atomic mass is 19.1. The van der Waals surface area contributed by atoms with Crippen LogP contribution in [0.5, 0.6) is 0 Å². The fraction of sp³-hybridized carbons (Fsp3) is 0.345. The van der Waals surface area contributed by atoms with E-state index in [1.807, 2.05) is 46.2 Å². The van der Waals surface area contributed by atoms with Gasteiger partial charge in [-0.1, -0.05) is 48.5 Å². The molecular weight excluding hydrogens is 477 g/mol. The van der Waals surface area contributed by atoms with E-state index in [2.05, 4.69) is 10.2 Å². The monoisotopic (exact) mass is 508 g/mol. The summed E-state index contributed by atoms with van der Waals surface area (Å²) in [4.78, 5) is 19.7. The van der Waals surface area contributed by atoms with Gasteiger partial charge in [-0.15, -0.1) is 0 Å². The highest BCUT2D eigenvalue weighted by Gasteiger charge is 2.39. The van der Waals surface area contributed by atoms with E-state index in [-0.39, 0.29) is 30.4 Å². The topological polar surface area (TPSA) is 38.8 Å². The first-order valence-corrected chi connectivity index (χ1v) is 12.7. The standard InChI is InChI=1S/C29H31F3N4O/c30-23-11-10-22(26(32)16-23)18-33-24-17-28(36(20-24)19-21-6-2-1-3-7-21)29(37)35-14-12-34(13-15-35)27-9-5-4-8-25(27)31/h1-11,16,24,28,33H,12-15,17-20H2. The molecule has 2 aliphatic heterocycles. The number of amides is 1. The number of nitrogens with one attached hydrogen (secondary N) is 1. The van der Waals surface area contributed by atoms with Crippen molar-refractivity contribution in [3.8, 4) is 0 Å². The Labute approximate surface area is 215 Å². The minimum absolute atomic E-state index is 0.0122. The summed E-state index contributed by atoms with van der Waals surface area (Å²) in [5.74, 6) is -1.36. The van der Waals surface area contributed by atoms with E-state index >= 15 is 0 Å². The minimum atomic E-state index is -0.600. The molecule has 3 aromatic rings. The van der Waals surface area contributed by atoms with Crippen LogP contribution in [0.4, 0.5) is 18.9 Å². The molecule has 37 heavy (non-hydrogen) atoms. The number of hydrogen-bond acceptors (Lipinski definition) is 4. The van der Waals surface area contributed by atoms with Crippen molar-refractivity contribution in [1.29, 1.82) is 0 Å². The highest BCUT2D eigenvalue weighted by Crippen LogP contribution is 2.25. The van der Waals surface area contributed by atoms with Crippen molar-refractivity contribution in [1.82, 2.24) is 15.1 Å². The number of nitrogens with zero attached hydrogens (tertiary/aromatic N) is 3. The third-order valence-corrected chi connectivity index (χ3v) is 7.30. The molecule has 0 spiro atoms. The molecule has 0 saturated carbocycles. The third kappa shape index (κ3) is 5.97. The summed E-state index contributed by atoms with van der Waals surface area (Å²) in [7, 11) is 0. The van der Waals surface area contributed by atoms with Gasteiger partial charge in [0.2, 0.25) is 5.91 Å². The molecule has 2 saturated heterocycles. The molecule has 1 amide bonds. The van der Waals surface area contributed by atoms with Crippen molar-refractivity contribution in [3.05, 3.63) is 101 Å². The van der Waals surface area contributed by atoms with Crippen LogP contribution in [0.15, 0.2) is 72.8 Å². The van der Waals surface area contributed by atoms with Crippen molar-refractivity contribution >= 4 is 11.6 Å². The van der Waals surface area contributed by atoms with E-state index in [4.69, 9.17) is 0 Å². The molecule has 5 rings (SSSR count). The van der Waals surface area contributed by atoms with Gasteiger partial charge in [0.25, 0.3) is 0 Å². The Hall–Kier alpha value is -3.36. The molecule has 8 heteroatoms. The Morgan fingerprint density at radius 3 is 2.32 bits per heavy atom. The largest absolute Gasteiger partial charge is 0.366 e. The molecule has 0 aliphatic carbocycles. The number of likely N-dealkylation sites (tertiary alicyclic amines) is 1. The van der Waals surface area contributed by atoms with Gasteiger partial charge in [0.15, 0.2) is 0 Å². The van der Waals surface area contributed by atoms with Gasteiger partial charge in [0.05, 0.1) is 11.7 Å². The number of para-hydroxylation sites is 1. The van der Waals surface area contributed by atoms with Crippen LogP contribution in [0, 0.1) is 17.5 Å². The van der Waals surface area contributed by atoms with Gasteiger partial charge in [-0.05, 0) is 30.2 Å². The van der Waals surface area contributed by atoms with Gasteiger partial charge in [0, 0.05) is 63.5 Å². The number of anilines is 1. The second-order valence-corrected chi connectivity index (χ2v) is 9.74. The summed E-state index contributed by atoms with van der Waals surface area (Å²) in [5.41, 5.74) is 2.09. The zero-order valence-corrected chi connectivity index (χ0v) is 20.6. The first-order valence-electron chi connectivity index (χ1n) is 12.7. The predicted molar refractivity (Wildman–Crippen MR) is 137 cm³/mol. The molecule has 2 heterocycles. The fourth-order valence-electron chi connectivity index (χ4n) is 5.31. The van der Waals surface area contributed by atoms with E-state index in [0.29, 0.717) is 56.9 Å². The Balaban J connectivity index is 1.25. The highest BCUT2D eigenvalue weighted by molar-refractivity contribution is 5.82. The first-order chi connectivity index (χ1) is 18.0. The van der Waals surface area contributed by atoms with Crippen LogP contribution in [0.2, 0.25) is 0 Å². The van der Waals surface area contributed by atoms with Gasteiger partial charge in [-0.2, -0.15) is 0 Å². The predicted octanol–water partition coefficient (Wildman–Crippen LogP) is 4.19. The molecule has 5 nitrogen and oxygen atoms in total. The van der Waals surface area contributed by atoms with Gasteiger partial charge in [0.1, 0.15) is 17.5 Å². The number of halogens is 3. The summed E-state index contributed by atoms with van der Waals surface area (Å²) in [5, 5.41) is 3.37. The summed E-state index contributed by atoms with van der Waals surface area (Å²) in [6.07, 6.45) is 0.599. The maximum absolute atomic E-state index is 14.2. The smallest absolute Gasteiger partial charge is 0.240 e. The second kappa shape index (κ2) is 11.4. The molecule has 194 valence electrons. The third-order valence-electron chi connectivity index (χ3n) is 7.30. The quantitative estimate of drug-likeness (QED) is 0.520.